The van der Waals surface area contributed by atoms with Gasteiger partial charge >= 0.3 is 0 Å². The second kappa shape index (κ2) is 6.27. The lowest BCUT2D eigenvalue weighted by molar-refractivity contribution is -0.119. The number of benzene rings is 1. The van der Waals surface area contributed by atoms with Gasteiger partial charge in [0.2, 0.25) is 5.91 Å². The maximum absolute atomic E-state index is 11.0. The highest BCUT2D eigenvalue weighted by atomic mass is 16.1. The second-order valence-corrected chi connectivity index (χ2v) is 6.24. The Morgan fingerprint density at radius 2 is 1.85 bits per heavy atom. The van der Waals surface area contributed by atoms with E-state index >= 15 is 0 Å². The smallest absolute Gasteiger partial charge is 0.219 e. The SMILES string of the molecule is CC(C)(CC(N)=O)NCc1ccc(N2CCCC2)cc1. The third-order valence-electron chi connectivity index (χ3n) is 3.79. The number of carbonyl (C=O) groups is 1. The van der Waals surface area contributed by atoms with Crippen LogP contribution in [0.4, 0.5) is 5.69 Å². The van der Waals surface area contributed by atoms with Crippen LogP contribution in [-0.2, 0) is 11.3 Å². The number of hydrogen-bond acceptors (Lipinski definition) is 3. The van der Waals surface area contributed by atoms with E-state index in [4.69, 9.17) is 5.73 Å². The summed E-state index contributed by atoms with van der Waals surface area (Å²) >= 11 is 0. The predicted octanol–water partition coefficient (Wildman–Crippen LogP) is 2.03. The fourth-order valence-electron chi connectivity index (χ4n) is 2.64. The van der Waals surface area contributed by atoms with E-state index in [0.29, 0.717) is 6.42 Å². The molecule has 4 nitrogen and oxygen atoms in total. The van der Waals surface area contributed by atoms with Crippen molar-refractivity contribution in [2.24, 2.45) is 5.73 Å². The highest BCUT2D eigenvalue weighted by Gasteiger charge is 2.19. The number of carbonyl (C=O) groups excluding carboxylic acids is 1. The number of rotatable bonds is 6. The normalized spacial score (nSPS) is 15.6. The van der Waals surface area contributed by atoms with Crippen LogP contribution in [0.2, 0.25) is 0 Å². The van der Waals surface area contributed by atoms with Crippen LogP contribution in [0.25, 0.3) is 0 Å². The molecular weight excluding hydrogens is 250 g/mol. The van der Waals surface area contributed by atoms with Crippen molar-refractivity contribution in [3.8, 4) is 0 Å². The van der Waals surface area contributed by atoms with Gasteiger partial charge in [-0.3, -0.25) is 4.79 Å². The van der Waals surface area contributed by atoms with Gasteiger partial charge in [-0.25, -0.2) is 0 Å². The molecule has 1 heterocycles. The van der Waals surface area contributed by atoms with Crippen molar-refractivity contribution in [2.75, 3.05) is 18.0 Å². The minimum Gasteiger partial charge on any atom is -0.372 e. The first-order valence-electron chi connectivity index (χ1n) is 7.33. The molecule has 20 heavy (non-hydrogen) atoms. The molecule has 1 amide bonds. The zero-order valence-electron chi connectivity index (χ0n) is 12.5. The summed E-state index contributed by atoms with van der Waals surface area (Å²) in [7, 11) is 0. The first kappa shape index (κ1) is 14.9. The Kier molecular flexibility index (Phi) is 4.65. The van der Waals surface area contributed by atoms with Crippen LogP contribution in [0.1, 0.15) is 38.7 Å². The molecule has 4 heteroatoms. The lowest BCUT2D eigenvalue weighted by atomic mass is 10.00. The molecule has 0 bridgehead atoms. The molecule has 1 fully saturated rings. The molecule has 1 saturated heterocycles. The van der Waals surface area contributed by atoms with E-state index in [1.54, 1.807) is 0 Å². The molecule has 0 aromatic heterocycles. The Labute approximate surface area is 121 Å². The summed E-state index contributed by atoms with van der Waals surface area (Å²) in [6.07, 6.45) is 2.94. The number of hydrogen-bond donors (Lipinski definition) is 2. The van der Waals surface area contributed by atoms with Crippen molar-refractivity contribution in [1.82, 2.24) is 5.32 Å². The van der Waals surface area contributed by atoms with E-state index in [2.05, 4.69) is 34.5 Å². The van der Waals surface area contributed by atoms with Crippen LogP contribution >= 0.6 is 0 Å². The zero-order valence-corrected chi connectivity index (χ0v) is 12.5. The van der Waals surface area contributed by atoms with E-state index < -0.39 is 0 Å². The quantitative estimate of drug-likeness (QED) is 0.835. The van der Waals surface area contributed by atoms with Gasteiger partial charge in [0.1, 0.15) is 0 Å². The fourth-order valence-corrected chi connectivity index (χ4v) is 2.64. The Bertz CT molecular complexity index is 447. The summed E-state index contributed by atoms with van der Waals surface area (Å²) in [4.78, 5) is 13.4. The van der Waals surface area contributed by atoms with Gasteiger partial charge in [-0.15, -0.1) is 0 Å². The number of nitrogens with zero attached hydrogens (tertiary/aromatic N) is 1. The van der Waals surface area contributed by atoms with E-state index in [-0.39, 0.29) is 11.4 Å². The maximum Gasteiger partial charge on any atom is 0.219 e. The highest BCUT2D eigenvalue weighted by Crippen LogP contribution is 2.20. The molecule has 0 unspecified atom stereocenters. The molecule has 1 aliphatic heterocycles. The van der Waals surface area contributed by atoms with Crippen LogP contribution < -0.4 is 16.0 Å². The summed E-state index contributed by atoms with van der Waals surface area (Å²) in [6, 6.07) is 8.68. The number of nitrogens with one attached hydrogen (secondary N) is 1. The summed E-state index contributed by atoms with van der Waals surface area (Å²) in [5.74, 6) is -0.271. The molecular formula is C16H25N3O. The van der Waals surface area contributed by atoms with Crippen molar-refractivity contribution < 1.29 is 4.79 Å². The van der Waals surface area contributed by atoms with E-state index in [9.17, 15) is 4.79 Å². The monoisotopic (exact) mass is 275 g/mol. The summed E-state index contributed by atoms with van der Waals surface area (Å²) < 4.78 is 0. The molecule has 1 aliphatic rings. The molecule has 1 aromatic carbocycles. The Morgan fingerprint density at radius 3 is 2.40 bits per heavy atom. The average Bonchev–Trinajstić information content (AvgIpc) is 2.89. The van der Waals surface area contributed by atoms with Crippen LogP contribution in [-0.4, -0.2) is 24.5 Å². The van der Waals surface area contributed by atoms with Crippen molar-refractivity contribution in [3.05, 3.63) is 29.8 Å². The van der Waals surface area contributed by atoms with Gasteiger partial charge in [0, 0.05) is 37.3 Å². The second-order valence-electron chi connectivity index (χ2n) is 6.24. The summed E-state index contributed by atoms with van der Waals surface area (Å²) in [5.41, 5.74) is 7.52. The average molecular weight is 275 g/mol. The van der Waals surface area contributed by atoms with Gasteiger partial charge in [0.25, 0.3) is 0 Å². The van der Waals surface area contributed by atoms with Gasteiger partial charge in [-0.1, -0.05) is 12.1 Å². The molecule has 2 rings (SSSR count). The molecule has 0 saturated carbocycles. The highest BCUT2D eigenvalue weighted by molar-refractivity contribution is 5.75. The largest absolute Gasteiger partial charge is 0.372 e. The first-order valence-corrected chi connectivity index (χ1v) is 7.33. The van der Waals surface area contributed by atoms with Crippen LogP contribution in [0.3, 0.4) is 0 Å². The van der Waals surface area contributed by atoms with Crippen molar-refractivity contribution >= 4 is 11.6 Å². The Balaban J connectivity index is 1.88. The first-order chi connectivity index (χ1) is 9.46. The fraction of sp³-hybridized carbons (Fsp3) is 0.562. The predicted molar refractivity (Wildman–Crippen MR) is 82.6 cm³/mol. The van der Waals surface area contributed by atoms with Gasteiger partial charge in [0.05, 0.1) is 0 Å². The third kappa shape index (κ3) is 4.23. The van der Waals surface area contributed by atoms with Crippen LogP contribution in [0, 0.1) is 0 Å². The summed E-state index contributed by atoms with van der Waals surface area (Å²) in [6.45, 7) is 7.08. The van der Waals surface area contributed by atoms with Crippen molar-refractivity contribution in [3.63, 3.8) is 0 Å². The third-order valence-corrected chi connectivity index (χ3v) is 3.79. The molecule has 3 N–H and O–H groups in total. The lowest BCUT2D eigenvalue weighted by Gasteiger charge is -2.25. The zero-order chi connectivity index (χ0) is 14.6. The molecule has 0 atom stereocenters. The van der Waals surface area contributed by atoms with Crippen molar-refractivity contribution in [2.45, 2.75) is 45.2 Å². The van der Waals surface area contributed by atoms with Crippen molar-refractivity contribution in [1.29, 1.82) is 0 Å². The topological polar surface area (TPSA) is 58.4 Å². The van der Waals surface area contributed by atoms with E-state index in [1.807, 2.05) is 13.8 Å². The number of primary amides is 1. The number of nitrogens with two attached hydrogens (primary N) is 1. The molecule has 0 spiro atoms. The number of anilines is 1. The molecule has 0 radical (unpaired) electrons. The molecule has 110 valence electrons. The van der Waals surface area contributed by atoms with Crippen LogP contribution in [0.15, 0.2) is 24.3 Å². The number of amides is 1. The standard InChI is InChI=1S/C16H25N3O/c1-16(2,11-15(17)20)18-12-13-5-7-14(8-6-13)19-9-3-4-10-19/h5-8,18H,3-4,9-12H2,1-2H3,(H2,17,20). The van der Waals surface area contributed by atoms with Gasteiger partial charge in [-0.2, -0.15) is 0 Å². The summed E-state index contributed by atoms with van der Waals surface area (Å²) in [5, 5.41) is 3.38. The van der Waals surface area contributed by atoms with Gasteiger partial charge in [-0.05, 0) is 44.4 Å². The minimum absolute atomic E-state index is 0.264. The molecule has 1 aromatic rings. The maximum atomic E-state index is 11.0. The van der Waals surface area contributed by atoms with E-state index in [0.717, 1.165) is 6.54 Å². The van der Waals surface area contributed by atoms with Gasteiger partial charge < -0.3 is 16.0 Å². The minimum atomic E-state index is -0.271. The van der Waals surface area contributed by atoms with Crippen LogP contribution in [0.5, 0.6) is 0 Å². The Hall–Kier alpha value is -1.55. The molecule has 0 aliphatic carbocycles. The van der Waals surface area contributed by atoms with Gasteiger partial charge in [0.15, 0.2) is 0 Å². The lowest BCUT2D eigenvalue weighted by Crippen LogP contribution is -2.42. The van der Waals surface area contributed by atoms with E-state index in [1.165, 1.54) is 37.2 Å². The Morgan fingerprint density at radius 1 is 1.25 bits per heavy atom.